The van der Waals surface area contributed by atoms with E-state index in [4.69, 9.17) is 9.47 Å². The van der Waals surface area contributed by atoms with Crippen molar-refractivity contribution < 1.29 is 18.7 Å². The van der Waals surface area contributed by atoms with Crippen molar-refractivity contribution in [1.82, 2.24) is 14.6 Å². The molecule has 7 nitrogen and oxygen atoms in total. The van der Waals surface area contributed by atoms with E-state index in [1.807, 2.05) is 29.5 Å². The van der Waals surface area contributed by atoms with Crippen molar-refractivity contribution >= 4 is 40.0 Å². The van der Waals surface area contributed by atoms with E-state index in [-0.39, 0.29) is 23.7 Å². The monoisotopic (exact) mass is 476 g/mol. The molecule has 1 unspecified atom stereocenters. The van der Waals surface area contributed by atoms with E-state index in [1.54, 1.807) is 4.52 Å². The minimum Gasteiger partial charge on any atom is -0.458 e. The van der Waals surface area contributed by atoms with Gasteiger partial charge in [-0.05, 0) is 41.4 Å². The van der Waals surface area contributed by atoms with Crippen molar-refractivity contribution in [2.75, 3.05) is 18.5 Å². The molecule has 0 bridgehead atoms. The van der Waals surface area contributed by atoms with Gasteiger partial charge in [-0.25, -0.2) is 13.9 Å². The van der Waals surface area contributed by atoms with Crippen LogP contribution in [0.3, 0.4) is 0 Å². The van der Waals surface area contributed by atoms with E-state index in [9.17, 15) is 9.18 Å². The Hall–Kier alpha value is -1.49. The number of hydrogen-bond acceptors (Lipinski definition) is 6. The molecule has 26 heavy (non-hydrogen) atoms. The molecule has 0 saturated carbocycles. The number of rotatable bonds is 5. The molecule has 1 fully saturated rings. The van der Waals surface area contributed by atoms with E-state index in [1.165, 1.54) is 13.1 Å². The highest BCUT2D eigenvalue weighted by Gasteiger charge is 2.29. The summed E-state index contributed by atoms with van der Waals surface area (Å²) in [6.07, 6.45) is 2.62. The number of nitrogens with one attached hydrogen (secondary N) is 1. The van der Waals surface area contributed by atoms with Crippen LogP contribution < -0.4 is 5.32 Å². The second kappa shape index (κ2) is 8.03. The number of hydrogen-bond donors (Lipinski definition) is 1. The Morgan fingerprint density at radius 1 is 1.62 bits per heavy atom. The van der Waals surface area contributed by atoms with Crippen LogP contribution in [-0.2, 0) is 14.3 Å². The highest BCUT2D eigenvalue weighted by atomic mass is 127. The molecule has 3 heterocycles. The van der Waals surface area contributed by atoms with Crippen LogP contribution in [0.5, 0.6) is 0 Å². The van der Waals surface area contributed by atoms with Crippen molar-refractivity contribution in [1.29, 1.82) is 0 Å². The van der Waals surface area contributed by atoms with Gasteiger partial charge in [-0.2, -0.15) is 0 Å². The highest BCUT2D eigenvalue weighted by Crippen LogP contribution is 2.30. The lowest BCUT2D eigenvalue weighted by Gasteiger charge is -2.31. The van der Waals surface area contributed by atoms with Crippen LogP contribution >= 0.6 is 22.6 Å². The molecule has 9 heteroatoms. The zero-order chi connectivity index (χ0) is 18.8. The highest BCUT2D eigenvalue weighted by molar-refractivity contribution is 14.1. The van der Waals surface area contributed by atoms with E-state index in [0.717, 1.165) is 12.1 Å². The molecular formula is C17H22FIN4O3. The number of esters is 1. The molecule has 1 aliphatic rings. The summed E-state index contributed by atoms with van der Waals surface area (Å²) in [6.45, 7) is 6.37. The van der Waals surface area contributed by atoms with Crippen molar-refractivity contribution in [3.8, 4) is 0 Å². The van der Waals surface area contributed by atoms with Crippen LogP contribution in [0.1, 0.15) is 45.2 Å². The van der Waals surface area contributed by atoms with Crippen molar-refractivity contribution in [3.63, 3.8) is 0 Å². The molecule has 0 aliphatic carbocycles. The fraction of sp³-hybridized carbons (Fsp3) is 0.588. The average Bonchev–Trinajstić information content (AvgIpc) is 2.86. The Morgan fingerprint density at radius 3 is 3.08 bits per heavy atom. The van der Waals surface area contributed by atoms with E-state index >= 15 is 0 Å². The third-order valence-electron chi connectivity index (χ3n) is 4.62. The van der Waals surface area contributed by atoms with Crippen LogP contribution in [0.2, 0.25) is 0 Å². The lowest BCUT2D eigenvalue weighted by molar-refractivity contribution is -0.153. The maximum absolute atomic E-state index is 14.5. The third-order valence-corrected chi connectivity index (χ3v) is 5.64. The molecule has 2 aromatic rings. The molecule has 2 aromatic heterocycles. The molecular weight excluding hydrogens is 454 g/mol. The largest absolute Gasteiger partial charge is 0.458 e. The van der Waals surface area contributed by atoms with Crippen LogP contribution in [0.15, 0.2) is 6.20 Å². The lowest BCUT2D eigenvalue weighted by Crippen LogP contribution is -2.44. The number of carbonyl (C=O) groups is 1. The summed E-state index contributed by atoms with van der Waals surface area (Å²) in [4.78, 5) is 15.5. The summed E-state index contributed by atoms with van der Waals surface area (Å²) < 4.78 is 27.4. The zero-order valence-corrected chi connectivity index (χ0v) is 17.1. The molecule has 3 atom stereocenters. The predicted molar refractivity (Wildman–Crippen MR) is 103 cm³/mol. The Morgan fingerprint density at radius 2 is 2.38 bits per heavy atom. The smallest absolute Gasteiger partial charge is 0.303 e. The zero-order valence-electron chi connectivity index (χ0n) is 15.0. The van der Waals surface area contributed by atoms with Gasteiger partial charge in [-0.3, -0.25) is 4.79 Å². The minimum absolute atomic E-state index is 0.156. The molecule has 1 aliphatic heterocycles. The second-order valence-electron chi connectivity index (χ2n) is 6.46. The predicted octanol–water partition coefficient (Wildman–Crippen LogP) is 3.12. The van der Waals surface area contributed by atoms with E-state index in [2.05, 4.69) is 22.3 Å². The quantitative estimate of drug-likeness (QED) is 0.528. The van der Waals surface area contributed by atoms with Crippen LogP contribution in [0.25, 0.3) is 5.52 Å². The van der Waals surface area contributed by atoms with E-state index < -0.39 is 6.10 Å². The van der Waals surface area contributed by atoms with E-state index in [0.29, 0.717) is 34.7 Å². The van der Waals surface area contributed by atoms with Crippen molar-refractivity contribution in [2.24, 2.45) is 0 Å². The summed E-state index contributed by atoms with van der Waals surface area (Å²) >= 11 is 2.02. The summed E-state index contributed by atoms with van der Waals surface area (Å²) in [5.74, 6) is -0.114. The number of aromatic nitrogens is 3. The number of carbonyl (C=O) groups excluding carboxylic acids is 1. The van der Waals surface area contributed by atoms with Gasteiger partial charge in [-0.15, -0.1) is 5.10 Å². The summed E-state index contributed by atoms with van der Waals surface area (Å²) in [5.41, 5.74) is 1.20. The second-order valence-corrected chi connectivity index (χ2v) is 7.54. The first kappa shape index (κ1) is 19.3. The number of fused-ring (bicyclic) bond motifs is 1. The molecule has 1 N–H and O–H groups in total. The Bertz CT molecular complexity index is 813. The topological polar surface area (TPSA) is 77.8 Å². The van der Waals surface area contributed by atoms with Gasteiger partial charge < -0.3 is 14.8 Å². The number of ether oxygens (including phenoxy) is 2. The molecule has 1 saturated heterocycles. The van der Waals surface area contributed by atoms with Gasteiger partial charge in [0.2, 0.25) is 5.95 Å². The van der Waals surface area contributed by atoms with Gasteiger partial charge in [0.15, 0.2) is 5.82 Å². The number of nitrogens with zero attached hydrogens (tertiary/aromatic N) is 3. The first-order chi connectivity index (χ1) is 12.4. The fourth-order valence-corrected chi connectivity index (χ4v) is 4.10. The van der Waals surface area contributed by atoms with Gasteiger partial charge >= 0.3 is 5.97 Å². The minimum atomic E-state index is -0.406. The number of anilines is 1. The van der Waals surface area contributed by atoms with Gasteiger partial charge in [0.1, 0.15) is 11.6 Å². The maximum atomic E-state index is 14.5. The van der Waals surface area contributed by atoms with Crippen LogP contribution in [0, 0.1) is 9.39 Å². The first-order valence-electron chi connectivity index (χ1n) is 8.66. The molecule has 0 radical (unpaired) electrons. The van der Waals surface area contributed by atoms with Gasteiger partial charge in [0, 0.05) is 13.5 Å². The Balaban J connectivity index is 1.92. The molecule has 0 aromatic carbocycles. The lowest BCUT2D eigenvalue weighted by atomic mass is 10.1. The molecule has 3 rings (SSSR count). The SMILES string of the molecule is CCC(C)c1c(I)c(F)c2cnc(N[C@@H]3CCOC[C@H]3OC(C)=O)nn12. The van der Waals surface area contributed by atoms with Crippen LogP contribution in [0.4, 0.5) is 10.3 Å². The number of halogens is 2. The Kier molecular flexibility index (Phi) is 5.96. The molecule has 142 valence electrons. The summed E-state index contributed by atoms with van der Waals surface area (Å²) in [5, 5.41) is 7.72. The molecule has 0 spiro atoms. The van der Waals surface area contributed by atoms with Gasteiger partial charge in [-0.1, -0.05) is 13.8 Å². The molecule has 0 amide bonds. The standard InChI is InChI=1S/C17H22FIN4O3/c1-4-9(2)16-15(19)14(18)12-7-20-17(22-23(12)16)21-11-5-6-25-8-13(11)26-10(3)24/h7,9,11,13H,4-6,8H2,1-3H3,(H,21,22)/t9?,11-,13-/m1/s1. The Labute approximate surface area is 164 Å². The summed E-state index contributed by atoms with van der Waals surface area (Å²) in [6, 6.07) is -0.156. The fourth-order valence-electron chi connectivity index (χ4n) is 3.06. The average molecular weight is 476 g/mol. The van der Waals surface area contributed by atoms with Crippen LogP contribution in [-0.4, -0.2) is 45.9 Å². The normalized spacial score (nSPS) is 21.6. The third kappa shape index (κ3) is 3.78. The van der Waals surface area contributed by atoms with Crippen molar-refractivity contribution in [3.05, 3.63) is 21.3 Å². The summed E-state index contributed by atoms with van der Waals surface area (Å²) in [7, 11) is 0. The first-order valence-corrected chi connectivity index (χ1v) is 9.74. The van der Waals surface area contributed by atoms with Gasteiger partial charge in [0.25, 0.3) is 0 Å². The van der Waals surface area contributed by atoms with Crippen molar-refractivity contribution in [2.45, 2.75) is 51.7 Å². The maximum Gasteiger partial charge on any atom is 0.303 e. The van der Waals surface area contributed by atoms with Gasteiger partial charge in [0.05, 0.1) is 28.1 Å².